The molecule has 98 valence electrons. The van der Waals surface area contributed by atoms with Crippen molar-refractivity contribution in [2.24, 2.45) is 0 Å². The Bertz CT molecular complexity index is 794. The number of H-pyrrole nitrogens is 1. The van der Waals surface area contributed by atoms with Crippen LogP contribution in [0.15, 0.2) is 42.6 Å². The van der Waals surface area contributed by atoms with Crippen molar-refractivity contribution in [2.75, 3.05) is 0 Å². The van der Waals surface area contributed by atoms with Crippen LogP contribution in [-0.4, -0.2) is 15.0 Å². The summed E-state index contributed by atoms with van der Waals surface area (Å²) in [5, 5.41) is 9.22. The minimum Gasteiger partial charge on any atom is -0.337 e. The van der Waals surface area contributed by atoms with E-state index in [9.17, 15) is 5.26 Å². The summed E-state index contributed by atoms with van der Waals surface area (Å²) in [7, 11) is 0. The van der Waals surface area contributed by atoms with Crippen LogP contribution in [0.25, 0.3) is 22.6 Å². The van der Waals surface area contributed by atoms with Crippen molar-refractivity contribution in [3.63, 3.8) is 0 Å². The van der Waals surface area contributed by atoms with Gasteiger partial charge in [0.2, 0.25) is 0 Å². The maximum Gasteiger partial charge on any atom is 0.157 e. The summed E-state index contributed by atoms with van der Waals surface area (Å²) < 4.78 is 0. The molecule has 0 fully saturated rings. The Balaban J connectivity index is 2.12. The number of rotatable bonds is 2. The van der Waals surface area contributed by atoms with Gasteiger partial charge in [0.05, 0.1) is 22.5 Å². The summed E-state index contributed by atoms with van der Waals surface area (Å²) in [6.07, 6.45) is 1.74. The first-order valence-corrected chi connectivity index (χ1v) is 6.43. The Hall–Kier alpha value is -2.67. The molecule has 0 amide bonds. The fourth-order valence-corrected chi connectivity index (χ4v) is 2.09. The Labute approximate surface area is 117 Å². The van der Waals surface area contributed by atoms with Gasteiger partial charge in [-0.15, -0.1) is 0 Å². The average molecular weight is 262 g/mol. The van der Waals surface area contributed by atoms with Crippen molar-refractivity contribution in [3.05, 3.63) is 48.2 Å². The van der Waals surface area contributed by atoms with Crippen LogP contribution in [0.2, 0.25) is 0 Å². The number of imidazole rings is 1. The van der Waals surface area contributed by atoms with Gasteiger partial charge in [0.15, 0.2) is 5.82 Å². The van der Waals surface area contributed by atoms with E-state index in [2.05, 4.69) is 21.0 Å². The number of pyridine rings is 1. The first kappa shape index (κ1) is 12.4. The van der Waals surface area contributed by atoms with Crippen LogP contribution in [0.3, 0.4) is 0 Å². The van der Waals surface area contributed by atoms with Crippen LogP contribution in [0.5, 0.6) is 0 Å². The van der Waals surface area contributed by atoms with E-state index >= 15 is 0 Å². The van der Waals surface area contributed by atoms with Crippen molar-refractivity contribution < 1.29 is 0 Å². The highest BCUT2D eigenvalue weighted by molar-refractivity contribution is 5.79. The topological polar surface area (TPSA) is 65.4 Å². The second-order valence-electron chi connectivity index (χ2n) is 5.27. The molecular weight excluding hydrogens is 248 g/mol. The molecule has 2 aromatic heterocycles. The van der Waals surface area contributed by atoms with Crippen LogP contribution in [0, 0.1) is 11.3 Å². The van der Waals surface area contributed by atoms with Crippen LogP contribution < -0.4 is 0 Å². The molecule has 0 atom stereocenters. The second kappa shape index (κ2) is 4.46. The van der Waals surface area contributed by atoms with E-state index in [0.29, 0.717) is 0 Å². The van der Waals surface area contributed by atoms with Crippen LogP contribution in [0.4, 0.5) is 0 Å². The molecule has 0 aliphatic carbocycles. The van der Waals surface area contributed by atoms with Gasteiger partial charge in [-0.05, 0) is 43.7 Å². The first-order valence-electron chi connectivity index (χ1n) is 6.43. The monoisotopic (exact) mass is 262 g/mol. The lowest BCUT2D eigenvalue weighted by Crippen LogP contribution is -2.13. The number of benzene rings is 1. The second-order valence-corrected chi connectivity index (χ2v) is 5.27. The van der Waals surface area contributed by atoms with E-state index in [1.807, 2.05) is 50.2 Å². The van der Waals surface area contributed by atoms with Crippen molar-refractivity contribution in [1.29, 1.82) is 5.26 Å². The zero-order valence-electron chi connectivity index (χ0n) is 11.4. The summed E-state index contributed by atoms with van der Waals surface area (Å²) in [5.74, 6) is 0.743. The molecule has 1 aromatic carbocycles. The van der Waals surface area contributed by atoms with E-state index in [-0.39, 0.29) is 0 Å². The van der Waals surface area contributed by atoms with E-state index in [1.165, 1.54) is 0 Å². The van der Waals surface area contributed by atoms with Crippen molar-refractivity contribution in [3.8, 4) is 17.6 Å². The van der Waals surface area contributed by atoms with Crippen molar-refractivity contribution in [1.82, 2.24) is 15.0 Å². The molecule has 3 aromatic rings. The molecule has 3 rings (SSSR count). The zero-order valence-corrected chi connectivity index (χ0v) is 11.4. The fourth-order valence-electron chi connectivity index (χ4n) is 2.09. The number of nitrogens with one attached hydrogen (secondary N) is 1. The third-order valence-corrected chi connectivity index (χ3v) is 3.39. The number of nitrogens with zero attached hydrogens (tertiary/aromatic N) is 3. The molecule has 0 radical (unpaired) electrons. The molecule has 0 aliphatic rings. The minimum atomic E-state index is -0.509. The standard InChI is InChI=1S/C16H14N4/c1-16(2,10-17)11-6-7-12-14(9-11)20-15(19-12)13-5-3-4-8-18-13/h3-9H,1-2H3,(H,19,20). The van der Waals surface area contributed by atoms with Gasteiger partial charge in [-0.2, -0.15) is 5.26 Å². The number of nitriles is 1. The summed E-state index contributed by atoms with van der Waals surface area (Å²) in [6, 6.07) is 13.9. The van der Waals surface area contributed by atoms with Crippen molar-refractivity contribution in [2.45, 2.75) is 19.3 Å². The molecule has 0 saturated heterocycles. The molecule has 0 bridgehead atoms. The molecule has 4 heteroatoms. The lowest BCUT2D eigenvalue weighted by Gasteiger charge is -2.15. The SMILES string of the molecule is CC(C)(C#N)c1ccc2nc(-c3ccccn3)[nH]c2c1. The van der Waals surface area contributed by atoms with Gasteiger partial charge in [-0.25, -0.2) is 4.98 Å². The largest absolute Gasteiger partial charge is 0.337 e. The molecule has 20 heavy (non-hydrogen) atoms. The predicted octanol–water partition coefficient (Wildman–Crippen LogP) is 3.43. The lowest BCUT2D eigenvalue weighted by atomic mass is 9.86. The van der Waals surface area contributed by atoms with Gasteiger partial charge < -0.3 is 4.98 Å². The van der Waals surface area contributed by atoms with Crippen LogP contribution >= 0.6 is 0 Å². The van der Waals surface area contributed by atoms with E-state index in [0.717, 1.165) is 28.1 Å². The molecule has 0 spiro atoms. The molecule has 1 N–H and O–H groups in total. The number of aromatic nitrogens is 3. The van der Waals surface area contributed by atoms with Gasteiger partial charge in [-0.1, -0.05) is 12.1 Å². The highest BCUT2D eigenvalue weighted by Gasteiger charge is 2.20. The predicted molar refractivity (Wildman–Crippen MR) is 78.0 cm³/mol. The smallest absolute Gasteiger partial charge is 0.157 e. The average Bonchev–Trinajstić information content (AvgIpc) is 2.91. The van der Waals surface area contributed by atoms with Gasteiger partial charge >= 0.3 is 0 Å². The maximum atomic E-state index is 9.22. The van der Waals surface area contributed by atoms with E-state index in [1.54, 1.807) is 6.20 Å². The summed E-state index contributed by atoms with van der Waals surface area (Å²) >= 11 is 0. The van der Waals surface area contributed by atoms with Crippen molar-refractivity contribution >= 4 is 11.0 Å². The number of fused-ring (bicyclic) bond motifs is 1. The summed E-state index contributed by atoms with van der Waals surface area (Å²) in [5.41, 5.74) is 3.08. The van der Waals surface area contributed by atoms with Gasteiger partial charge in [0, 0.05) is 6.20 Å². The first-order chi connectivity index (χ1) is 9.60. The van der Waals surface area contributed by atoms with E-state index in [4.69, 9.17) is 0 Å². The maximum absolute atomic E-state index is 9.22. The van der Waals surface area contributed by atoms with Gasteiger partial charge in [-0.3, -0.25) is 4.98 Å². The third kappa shape index (κ3) is 2.04. The van der Waals surface area contributed by atoms with Gasteiger partial charge in [0.25, 0.3) is 0 Å². The minimum absolute atomic E-state index is 0.509. The lowest BCUT2D eigenvalue weighted by molar-refractivity contribution is 0.688. The fraction of sp³-hybridized carbons (Fsp3) is 0.188. The number of hydrogen-bond acceptors (Lipinski definition) is 3. The molecule has 0 saturated carbocycles. The quantitative estimate of drug-likeness (QED) is 0.769. The summed E-state index contributed by atoms with van der Waals surface area (Å²) in [6.45, 7) is 3.81. The third-order valence-electron chi connectivity index (χ3n) is 3.39. The Kier molecular flexibility index (Phi) is 2.76. The number of hydrogen-bond donors (Lipinski definition) is 1. The molecule has 4 nitrogen and oxygen atoms in total. The highest BCUT2D eigenvalue weighted by atomic mass is 14.9. The van der Waals surface area contributed by atoms with Crippen LogP contribution in [0.1, 0.15) is 19.4 Å². The van der Waals surface area contributed by atoms with Crippen LogP contribution in [-0.2, 0) is 5.41 Å². The van der Waals surface area contributed by atoms with E-state index < -0.39 is 5.41 Å². The molecular formula is C16H14N4. The highest BCUT2D eigenvalue weighted by Crippen LogP contribution is 2.26. The molecule has 2 heterocycles. The normalized spacial score (nSPS) is 11.4. The summed E-state index contributed by atoms with van der Waals surface area (Å²) in [4.78, 5) is 12.1. The molecule has 0 unspecified atom stereocenters. The zero-order chi connectivity index (χ0) is 14.2. The Morgan fingerprint density at radius 1 is 1.20 bits per heavy atom. The Morgan fingerprint density at radius 2 is 2.05 bits per heavy atom. The Morgan fingerprint density at radius 3 is 2.75 bits per heavy atom. The molecule has 0 aliphatic heterocycles. The van der Waals surface area contributed by atoms with Gasteiger partial charge in [0.1, 0.15) is 5.69 Å². The number of aromatic amines is 1.